The van der Waals surface area contributed by atoms with E-state index in [2.05, 4.69) is 4.98 Å². The molecule has 1 aromatic heterocycles. The minimum absolute atomic E-state index is 0.0370. The maximum absolute atomic E-state index is 10.6. The lowest BCUT2D eigenvalue weighted by molar-refractivity contribution is 0.417. The molecule has 0 atom stereocenters. The Morgan fingerprint density at radius 3 is 1.73 bits per heavy atom. The van der Waals surface area contributed by atoms with Gasteiger partial charge >= 0.3 is 0 Å². The molecule has 0 bridgehead atoms. The van der Waals surface area contributed by atoms with Gasteiger partial charge in [-0.3, -0.25) is 9.78 Å². The van der Waals surface area contributed by atoms with Gasteiger partial charge in [0.25, 0.3) is 5.56 Å². The molecule has 7 heteroatoms. The standard InChI is InChI=1S/C12H12O2.C11H9ClO.C7H9NO2/c1-8-7-11(14-2)9-5-3-4-6-10(9)12(8)13;1-7-6-10(12)8-4-2-3-5-9(8)11(7)13;1-4-3-6(9)8-7(10)5(4)2/h3-7,13H,1-2H3;2-6,13H,1H3;3H,1-2H3,(H2,8,9,10). The molecule has 4 N–H and O–H groups in total. The van der Waals surface area contributed by atoms with Crippen LogP contribution >= 0.6 is 11.6 Å². The van der Waals surface area contributed by atoms with Crippen LogP contribution in [0.2, 0.25) is 5.02 Å². The van der Waals surface area contributed by atoms with Crippen molar-refractivity contribution in [3.05, 3.63) is 104 Å². The average molecular weight is 520 g/mol. The summed E-state index contributed by atoms with van der Waals surface area (Å²) in [6, 6.07) is 20.3. The molecule has 192 valence electrons. The molecule has 0 fully saturated rings. The quantitative estimate of drug-likeness (QED) is 0.190. The maximum Gasteiger partial charge on any atom is 0.250 e. The lowest BCUT2D eigenvalue weighted by Crippen LogP contribution is -2.05. The lowest BCUT2D eigenvalue weighted by atomic mass is 10.1. The predicted octanol–water partition coefficient (Wildman–Crippen LogP) is 7.07. The third kappa shape index (κ3) is 6.16. The van der Waals surface area contributed by atoms with E-state index in [1.807, 2.05) is 68.4 Å². The minimum Gasteiger partial charge on any atom is -0.507 e. The molecule has 4 aromatic carbocycles. The first-order valence-corrected chi connectivity index (χ1v) is 11.9. The third-order valence-electron chi connectivity index (χ3n) is 6.08. The molecular formula is C30H30ClNO5. The Morgan fingerprint density at radius 1 is 0.703 bits per heavy atom. The Labute approximate surface area is 220 Å². The second-order valence-corrected chi connectivity index (χ2v) is 9.06. The van der Waals surface area contributed by atoms with Gasteiger partial charge in [0.15, 0.2) is 5.88 Å². The molecule has 0 radical (unpaired) electrons. The Hall–Kier alpha value is -4.16. The molecule has 0 saturated carbocycles. The number of H-pyrrole nitrogens is 1. The normalized spacial score (nSPS) is 10.3. The Kier molecular flexibility index (Phi) is 8.69. The maximum atomic E-state index is 10.6. The van der Waals surface area contributed by atoms with E-state index in [0.29, 0.717) is 16.5 Å². The molecule has 6 nitrogen and oxygen atoms in total. The van der Waals surface area contributed by atoms with Crippen LogP contribution in [0.1, 0.15) is 22.3 Å². The number of hydrogen-bond donors (Lipinski definition) is 4. The number of aromatic amines is 1. The SMILES string of the molecule is COc1cc(C)c(O)c2ccccc12.Cc1cc(=O)[nH]c(O)c1C.Cc1cc(Cl)c2ccccc2c1O. The number of hydrogen-bond acceptors (Lipinski definition) is 5. The number of rotatable bonds is 1. The van der Waals surface area contributed by atoms with Gasteiger partial charge in [0.1, 0.15) is 17.2 Å². The Balaban J connectivity index is 0.000000157. The monoisotopic (exact) mass is 519 g/mol. The Bertz CT molecular complexity index is 1600. The van der Waals surface area contributed by atoms with Crippen LogP contribution in [0.4, 0.5) is 0 Å². The molecule has 0 aliphatic rings. The number of halogens is 1. The minimum atomic E-state index is -0.263. The van der Waals surface area contributed by atoms with Crippen molar-refractivity contribution in [2.24, 2.45) is 0 Å². The highest BCUT2D eigenvalue weighted by molar-refractivity contribution is 6.35. The number of ether oxygens (including phenoxy) is 1. The number of phenolic OH excluding ortho intramolecular Hbond substituents is 2. The molecule has 0 aliphatic carbocycles. The fourth-order valence-electron chi connectivity index (χ4n) is 3.81. The smallest absolute Gasteiger partial charge is 0.250 e. The van der Waals surface area contributed by atoms with Gasteiger partial charge in [-0.15, -0.1) is 0 Å². The summed E-state index contributed by atoms with van der Waals surface area (Å²) < 4.78 is 5.25. The highest BCUT2D eigenvalue weighted by Crippen LogP contribution is 2.35. The molecule has 0 aliphatic heterocycles. The highest BCUT2D eigenvalue weighted by atomic mass is 35.5. The fourth-order valence-corrected chi connectivity index (χ4v) is 4.14. The van der Waals surface area contributed by atoms with Crippen molar-refractivity contribution in [3.63, 3.8) is 0 Å². The number of benzene rings is 4. The number of pyridine rings is 1. The largest absolute Gasteiger partial charge is 0.507 e. The van der Waals surface area contributed by atoms with Crippen LogP contribution < -0.4 is 10.3 Å². The summed E-state index contributed by atoms with van der Waals surface area (Å²) in [5, 5.41) is 32.7. The van der Waals surface area contributed by atoms with Crippen molar-refractivity contribution in [3.8, 4) is 23.1 Å². The zero-order valence-corrected chi connectivity index (χ0v) is 22.1. The number of methoxy groups -OCH3 is 1. The van der Waals surface area contributed by atoms with E-state index in [1.54, 1.807) is 27.0 Å². The summed E-state index contributed by atoms with van der Waals surface area (Å²) in [6.45, 7) is 7.24. The molecule has 0 saturated heterocycles. The lowest BCUT2D eigenvalue weighted by Gasteiger charge is -2.09. The van der Waals surface area contributed by atoms with Gasteiger partial charge in [0.05, 0.1) is 7.11 Å². The van der Waals surface area contributed by atoms with Crippen LogP contribution in [0.3, 0.4) is 0 Å². The summed E-state index contributed by atoms with van der Waals surface area (Å²) in [5.41, 5.74) is 2.91. The van der Waals surface area contributed by atoms with Gasteiger partial charge in [-0.25, -0.2) is 0 Å². The molecule has 0 amide bonds. The Morgan fingerprint density at radius 2 is 1.19 bits per heavy atom. The van der Waals surface area contributed by atoms with Gasteiger partial charge in [-0.1, -0.05) is 60.1 Å². The van der Waals surface area contributed by atoms with E-state index >= 15 is 0 Å². The van der Waals surface area contributed by atoms with Crippen molar-refractivity contribution >= 4 is 33.1 Å². The number of aryl methyl sites for hydroxylation is 3. The van der Waals surface area contributed by atoms with E-state index in [4.69, 9.17) is 21.4 Å². The molecule has 5 rings (SSSR count). The summed E-state index contributed by atoms with van der Waals surface area (Å²) in [7, 11) is 1.64. The van der Waals surface area contributed by atoms with Crippen molar-refractivity contribution in [2.45, 2.75) is 27.7 Å². The number of aromatic nitrogens is 1. The van der Waals surface area contributed by atoms with Gasteiger partial charge in [0, 0.05) is 38.2 Å². The van der Waals surface area contributed by atoms with Crippen molar-refractivity contribution in [1.82, 2.24) is 4.98 Å². The van der Waals surface area contributed by atoms with Gasteiger partial charge in [-0.05, 0) is 56.5 Å². The van der Waals surface area contributed by atoms with E-state index in [1.165, 1.54) is 6.07 Å². The van der Waals surface area contributed by atoms with Crippen LogP contribution in [0.25, 0.3) is 21.5 Å². The van der Waals surface area contributed by atoms with Crippen molar-refractivity contribution < 1.29 is 20.1 Å². The van der Waals surface area contributed by atoms with Gasteiger partial charge in [0.2, 0.25) is 0 Å². The van der Waals surface area contributed by atoms with Crippen LogP contribution in [-0.4, -0.2) is 27.4 Å². The molecular weight excluding hydrogens is 490 g/mol. The molecule has 5 aromatic rings. The van der Waals surface area contributed by atoms with Crippen LogP contribution in [0.15, 0.2) is 71.5 Å². The first-order valence-electron chi connectivity index (χ1n) is 11.6. The molecule has 1 heterocycles. The van der Waals surface area contributed by atoms with E-state index in [9.17, 15) is 15.0 Å². The second-order valence-electron chi connectivity index (χ2n) is 8.65. The molecule has 37 heavy (non-hydrogen) atoms. The first kappa shape index (κ1) is 27.4. The van der Waals surface area contributed by atoms with E-state index < -0.39 is 0 Å². The van der Waals surface area contributed by atoms with Crippen molar-refractivity contribution in [2.75, 3.05) is 7.11 Å². The van der Waals surface area contributed by atoms with Crippen LogP contribution in [0.5, 0.6) is 23.1 Å². The highest BCUT2D eigenvalue weighted by Gasteiger charge is 2.08. The van der Waals surface area contributed by atoms with Crippen LogP contribution in [-0.2, 0) is 0 Å². The van der Waals surface area contributed by atoms with E-state index in [-0.39, 0.29) is 11.4 Å². The number of phenols is 2. The average Bonchev–Trinajstić information content (AvgIpc) is 2.89. The number of aromatic hydroxyl groups is 3. The summed E-state index contributed by atoms with van der Waals surface area (Å²) >= 11 is 6.02. The fraction of sp³-hybridized carbons (Fsp3) is 0.167. The second kappa shape index (κ2) is 11.7. The molecule has 0 unspecified atom stereocenters. The summed E-state index contributed by atoms with van der Waals surface area (Å²) in [6.07, 6.45) is 0. The summed E-state index contributed by atoms with van der Waals surface area (Å²) in [5.74, 6) is 1.42. The number of fused-ring (bicyclic) bond motifs is 2. The molecule has 0 spiro atoms. The van der Waals surface area contributed by atoms with Crippen molar-refractivity contribution in [1.29, 1.82) is 0 Å². The number of nitrogens with one attached hydrogen (secondary N) is 1. The van der Waals surface area contributed by atoms with E-state index in [0.717, 1.165) is 49.5 Å². The van der Waals surface area contributed by atoms with Crippen LogP contribution in [0, 0.1) is 27.7 Å². The first-order chi connectivity index (χ1) is 17.5. The van der Waals surface area contributed by atoms with Gasteiger partial charge < -0.3 is 20.1 Å². The topological polar surface area (TPSA) is 103 Å². The summed E-state index contributed by atoms with van der Waals surface area (Å²) in [4.78, 5) is 12.9. The zero-order valence-electron chi connectivity index (χ0n) is 21.4. The third-order valence-corrected chi connectivity index (χ3v) is 6.39. The van der Waals surface area contributed by atoms with Gasteiger partial charge in [-0.2, -0.15) is 0 Å². The predicted molar refractivity (Wildman–Crippen MR) is 150 cm³/mol. The zero-order chi connectivity index (χ0) is 27.3.